The Labute approximate surface area is 135 Å². The summed E-state index contributed by atoms with van der Waals surface area (Å²) in [6, 6.07) is 6.25. The Morgan fingerprint density at radius 1 is 1.39 bits per heavy atom. The van der Waals surface area contributed by atoms with Crippen molar-refractivity contribution in [1.29, 1.82) is 0 Å². The monoisotopic (exact) mass is 319 g/mol. The molecule has 2 rings (SSSR count). The van der Waals surface area contributed by atoms with Gasteiger partial charge < -0.3 is 10.1 Å². The van der Waals surface area contributed by atoms with E-state index in [-0.39, 0.29) is 11.6 Å². The Kier molecular flexibility index (Phi) is 5.36. The lowest BCUT2D eigenvalue weighted by molar-refractivity contribution is 0.0943. The number of carbonyl (C=O) groups is 1. The zero-order valence-electron chi connectivity index (χ0n) is 13.9. The van der Waals surface area contributed by atoms with Crippen LogP contribution in [0.3, 0.4) is 0 Å². The number of hydrogen-bond donors (Lipinski definition) is 1. The van der Waals surface area contributed by atoms with E-state index in [1.165, 1.54) is 13.2 Å². The number of benzene rings is 1. The molecule has 0 aliphatic rings. The maximum absolute atomic E-state index is 14.3. The van der Waals surface area contributed by atoms with Crippen LogP contribution in [0.2, 0.25) is 0 Å². The van der Waals surface area contributed by atoms with Gasteiger partial charge in [-0.05, 0) is 31.0 Å². The lowest BCUT2D eigenvalue weighted by Gasteiger charge is -2.07. The molecule has 1 N–H and O–H groups in total. The van der Waals surface area contributed by atoms with E-state index in [1.54, 1.807) is 22.9 Å². The van der Waals surface area contributed by atoms with Crippen molar-refractivity contribution in [3.63, 3.8) is 0 Å². The van der Waals surface area contributed by atoms with Gasteiger partial charge in [-0.15, -0.1) is 0 Å². The third-order valence-electron chi connectivity index (χ3n) is 3.44. The van der Waals surface area contributed by atoms with Crippen molar-refractivity contribution in [3.05, 3.63) is 35.8 Å². The number of hydrogen-bond acceptors (Lipinski definition) is 3. The number of carbonyl (C=O) groups excluding carboxylic acids is 1. The van der Waals surface area contributed by atoms with Crippen LogP contribution in [0.1, 0.15) is 31.3 Å². The Hall–Kier alpha value is -2.37. The van der Waals surface area contributed by atoms with Crippen LogP contribution in [0.15, 0.2) is 24.3 Å². The largest absolute Gasteiger partial charge is 0.497 e. The standard InChI is InChI=1S/C17H22FN3O2/c1-5-21-16(13-7-6-12(23-4)8-14(13)18)9-15(20-21)17(22)19-10-11(2)3/h6-9,11H,5,10H2,1-4H3,(H,19,22). The molecule has 2 aromatic rings. The smallest absolute Gasteiger partial charge is 0.271 e. The highest BCUT2D eigenvalue weighted by Crippen LogP contribution is 2.27. The van der Waals surface area contributed by atoms with Gasteiger partial charge in [-0.2, -0.15) is 5.10 Å². The molecular formula is C17H22FN3O2. The predicted molar refractivity (Wildman–Crippen MR) is 87.0 cm³/mol. The van der Waals surface area contributed by atoms with E-state index in [0.29, 0.717) is 36.0 Å². The van der Waals surface area contributed by atoms with Gasteiger partial charge in [0.15, 0.2) is 5.69 Å². The van der Waals surface area contributed by atoms with Gasteiger partial charge in [0.05, 0.1) is 12.8 Å². The molecule has 0 bridgehead atoms. The maximum atomic E-state index is 14.3. The first-order valence-electron chi connectivity index (χ1n) is 7.66. The van der Waals surface area contributed by atoms with Crippen molar-refractivity contribution in [2.75, 3.05) is 13.7 Å². The van der Waals surface area contributed by atoms with Gasteiger partial charge in [0.1, 0.15) is 11.6 Å². The SMILES string of the molecule is CCn1nc(C(=O)NCC(C)C)cc1-c1ccc(OC)cc1F. The number of nitrogens with zero attached hydrogens (tertiary/aromatic N) is 2. The van der Waals surface area contributed by atoms with Crippen molar-refractivity contribution < 1.29 is 13.9 Å². The van der Waals surface area contributed by atoms with Crippen LogP contribution in [0.5, 0.6) is 5.75 Å². The first kappa shape index (κ1) is 17.0. The van der Waals surface area contributed by atoms with Gasteiger partial charge in [0.25, 0.3) is 5.91 Å². The Morgan fingerprint density at radius 3 is 2.70 bits per heavy atom. The fraction of sp³-hybridized carbons (Fsp3) is 0.412. The molecule has 0 aliphatic carbocycles. The number of aryl methyl sites for hydroxylation is 1. The molecule has 1 aromatic carbocycles. The molecule has 0 saturated carbocycles. The van der Waals surface area contributed by atoms with E-state index in [4.69, 9.17) is 4.74 Å². The second kappa shape index (κ2) is 7.26. The average molecular weight is 319 g/mol. The highest BCUT2D eigenvalue weighted by molar-refractivity contribution is 5.93. The predicted octanol–water partition coefficient (Wildman–Crippen LogP) is 3.10. The molecule has 0 unspecified atom stereocenters. The Balaban J connectivity index is 2.34. The summed E-state index contributed by atoms with van der Waals surface area (Å²) in [4.78, 5) is 12.1. The van der Waals surface area contributed by atoms with E-state index >= 15 is 0 Å². The third kappa shape index (κ3) is 3.88. The number of rotatable bonds is 6. The second-order valence-corrected chi connectivity index (χ2v) is 5.68. The van der Waals surface area contributed by atoms with Gasteiger partial charge in [0, 0.05) is 24.7 Å². The first-order chi connectivity index (χ1) is 11.0. The molecule has 6 heteroatoms. The fourth-order valence-electron chi connectivity index (χ4n) is 2.20. The molecule has 1 aromatic heterocycles. The average Bonchev–Trinajstić information content (AvgIpc) is 2.96. The number of ether oxygens (including phenoxy) is 1. The van der Waals surface area contributed by atoms with Gasteiger partial charge in [0.2, 0.25) is 0 Å². The van der Waals surface area contributed by atoms with Crippen LogP contribution in [-0.4, -0.2) is 29.3 Å². The molecule has 0 radical (unpaired) electrons. The third-order valence-corrected chi connectivity index (χ3v) is 3.44. The normalized spacial score (nSPS) is 10.9. The molecule has 0 aliphatic heterocycles. The number of nitrogens with one attached hydrogen (secondary N) is 1. The minimum atomic E-state index is -0.409. The fourth-order valence-corrected chi connectivity index (χ4v) is 2.20. The molecule has 1 heterocycles. The van der Waals surface area contributed by atoms with E-state index in [2.05, 4.69) is 10.4 Å². The molecule has 0 fully saturated rings. The highest BCUT2D eigenvalue weighted by atomic mass is 19.1. The molecule has 124 valence electrons. The van der Waals surface area contributed by atoms with Gasteiger partial charge in [-0.3, -0.25) is 9.48 Å². The molecule has 1 amide bonds. The van der Waals surface area contributed by atoms with Crippen molar-refractivity contribution in [2.24, 2.45) is 5.92 Å². The lowest BCUT2D eigenvalue weighted by atomic mass is 10.1. The highest BCUT2D eigenvalue weighted by Gasteiger charge is 2.17. The molecule has 5 nitrogen and oxygen atoms in total. The summed E-state index contributed by atoms with van der Waals surface area (Å²) in [6.07, 6.45) is 0. The summed E-state index contributed by atoms with van der Waals surface area (Å²) in [5.41, 5.74) is 1.25. The number of methoxy groups -OCH3 is 1. The second-order valence-electron chi connectivity index (χ2n) is 5.68. The summed E-state index contributed by atoms with van der Waals surface area (Å²) in [5, 5.41) is 7.09. The summed E-state index contributed by atoms with van der Waals surface area (Å²) in [6.45, 7) is 7.04. The summed E-state index contributed by atoms with van der Waals surface area (Å²) < 4.78 is 20.9. The summed E-state index contributed by atoms with van der Waals surface area (Å²) in [7, 11) is 1.49. The minimum absolute atomic E-state index is 0.249. The van der Waals surface area contributed by atoms with E-state index in [1.807, 2.05) is 20.8 Å². The first-order valence-corrected chi connectivity index (χ1v) is 7.66. The van der Waals surface area contributed by atoms with E-state index in [0.717, 1.165) is 0 Å². The van der Waals surface area contributed by atoms with Crippen LogP contribution in [-0.2, 0) is 6.54 Å². The van der Waals surface area contributed by atoms with E-state index < -0.39 is 5.82 Å². The van der Waals surface area contributed by atoms with Gasteiger partial charge >= 0.3 is 0 Å². The molecule has 0 atom stereocenters. The minimum Gasteiger partial charge on any atom is -0.497 e. The number of aromatic nitrogens is 2. The van der Waals surface area contributed by atoms with Gasteiger partial charge in [-0.1, -0.05) is 13.8 Å². The van der Waals surface area contributed by atoms with Crippen LogP contribution in [0.4, 0.5) is 4.39 Å². The van der Waals surface area contributed by atoms with Crippen molar-refractivity contribution >= 4 is 5.91 Å². The van der Waals surface area contributed by atoms with Crippen molar-refractivity contribution in [1.82, 2.24) is 15.1 Å². The lowest BCUT2D eigenvalue weighted by Crippen LogP contribution is -2.27. The summed E-state index contributed by atoms with van der Waals surface area (Å²) in [5.74, 6) is 0.142. The van der Waals surface area contributed by atoms with E-state index in [9.17, 15) is 9.18 Å². The topological polar surface area (TPSA) is 56.2 Å². The number of amides is 1. The maximum Gasteiger partial charge on any atom is 0.271 e. The van der Waals surface area contributed by atoms with Gasteiger partial charge in [-0.25, -0.2) is 4.39 Å². The molecule has 0 spiro atoms. The summed E-state index contributed by atoms with van der Waals surface area (Å²) >= 11 is 0. The Morgan fingerprint density at radius 2 is 2.13 bits per heavy atom. The Bertz CT molecular complexity index is 695. The van der Waals surface area contributed by atoms with Crippen molar-refractivity contribution in [2.45, 2.75) is 27.3 Å². The number of halogens is 1. The quantitative estimate of drug-likeness (QED) is 0.890. The van der Waals surface area contributed by atoms with Crippen molar-refractivity contribution in [3.8, 4) is 17.0 Å². The van der Waals surface area contributed by atoms with Crippen LogP contribution in [0.25, 0.3) is 11.3 Å². The molecule has 0 saturated heterocycles. The van der Waals surface area contributed by atoms with Crippen LogP contribution >= 0.6 is 0 Å². The molecular weight excluding hydrogens is 297 g/mol. The van der Waals surface area contributed by atoms with Crippen LogP contribution in [0, 0.1) is 11.7 Å². The zero-order chi connectivity index (χ0) is 17.0. The zero-order valence-corrected chi connectivity index (χ0v) is 13.9. The van der Waals surface area contributed by atoms with Crippen LogP contribution < -0.4 is 10.1 Å². The molecule has 23 heavy (non-hydrogen) atoms.